The lowest BCUT2D eigenvalue weighted by molar-refractivity contribution is 0.0603. The molecule has 0 bridgehead atoms. The second kappa shape index (κ2) is 6.55. The minimum absolute atomic E-state index is 0.237. The maximum atomic E-state index is 11.6. The van der Waals surface area contributed by atoms with Crippen molar-refractivity contribution in [2.75, 3.05) is 52.0 Å². The molecule has 0 saturated carbocycles. The van der Waals surface area contributed by atoms with Gasteiger partial charge in [-0.15, -0.1) is 0 Å². The van der Waals surface area contributed by atoms with E-state index >= 15 is 0 Å². The Labute approximate surface area is 111 Å². The molecule has 1 aromatic heterocycles. The second-order valence-electron chi connectivity index (χ2n) is 4.32. The molecule has 1 heterocycles. The van der Waals surface area contributed by atoms with Gasteiger partial charge in [0.2, 0.25) is 0 Å². The first-order valence-corrected chi connectivity index (χ1v) is 6.44. The molecule has 0 radical (unpaired) electrons. The molecular formula is C11H20N4O2S. The Kier molecular flexibility index (Phi) is 5.36. The van der Waals surface area contributed by atoms with Crippen molar-refractivity contribution in [1.82, 2.24) is 9.27 Å². The fraction of sp³-hybridized carbons (Fsp3) is 0.636. The first-order valence-electron chi connectivity index (χ1n) is 5.66. The maximum Gasteiger partial charge on any atom is 0.344 e. The first-order chi connectivity index (χ1) is 8.47. The van der Waals surface area contributed by atoms with Gasteiger partial charge < -0.3 is 20.3 Å². The quantitative estimate of drug-likeness (QED) is 0.776. The summed E-state index contributed by atoms with van der Waals surface area (Å²) in [5.74, 6) is -0.197. The Balaban J connectivity index is 2.73. The number of nitrogen functional groups attached to an aromatic ring is 1. The molecule has 7 heteroatoms. The number of ether oxygens (including phenoxy) is 1. The number of nitrogens with two attached hydrogens (primary N) is 1. The van der Waals surface area contributed by atoms with Crippen molar-refractivity contribution in [3.8, 4) is 0 Å². The number of hydrogen-bond donors (Lipinski definition) is 1. The van der Waals surface area contributed by atoms with Crippen LogP contribution in [0.15, 0.2) is 0 Å². The van der Waals surface area contributed by atoms with Gasteiger partial charge in [0, 0.05) is 13.6 Å². The van der Waals surface area contributed by atoms with Crippen molar-refractivity contribution in [3.05, 3.63) is 5.56 Å². The van der Waals surface area contributed by atoms with Gasteiger partial charge >= 0.3 is 5.97 Å². The van der Waals surface area contributed by atoms with Gasteiger partial charge in [0.15, 0.2) is 5.82 Å². The number of aromatic nitrogens is 1. The highest BCUT2D eigenvalue weighted by molar-refractivity contribution is 7.11. The fourth-order valence-electron chi connectivity index (χ4n) is 1.57. The highest BCUT2D eigenvalue weighted by Gasteiger charge is 2.22. The summed E-state index contributed by atoms with van der Waals surface area (Å²) in [7, 11) is 7.33. The number of rotatable bonds is 6. The molecule has 2 N–H and O–H groups in total. The van der Waals surface area contributed by atoms with Gasteiger partial charge in [-0.3, -0.25) is 0 Å². The molecule has 102 valence electrons. The Hall–Kier alpha value is -1.34. The van der Waals surface area contributed by atoms with Crippen LogP contribution in [0.1, 0.15) is 16.8 Å². The maximum absolute atomic E-state index is 11.6. The smallest absolute Gasteiger partial charge is 0.344 e. The number of hydrogen-bond acceptors (Lipinski definition) is 7. The predicted molar refractivity (Wildman–Crippen MR) is 74.3 cm³/mol. The van der Waals surface area contributed by atoms with Gasteiger partial charge in [0.1, 0.15) is 10.6 Å². The predicted octanol–water partition coefficient (Wildman–Crippen LogP) is 0.900. The van der Waals surface area contributed by atoms with E-state index in [0.717, 1.165) is 24.5 Å². The molecule has 1 rings (SSSR count). The number of carbonyl (C=O) groups excluding carboxylic acids is 1. The van der Waals surface area contributed by atoms with Crippen LogP contribution in [0.5, 0.6) is 0 Å². The van der Waals surface area contributed by atoms with Crippen molar-refractivity contribution >= 4 is 28.3 Å². The summed E-state index contributed by atoms with van der Waals surface area (Å²) in [6, 6.07) is 0. The van der Waals surface area contributed by atoms with Crippen molar-refractivity contribution < 1.29 is 9.53 Å². The lowest BCUT2D eigenvalue weighted by Gasteiger charge is -2.19. The molecule has 18 heavy (non-hydrogen) atoms. The minimum Gasteiger partial charge on any atom is -0.465 e. The molecule has 1 aromatic rings. The summed E-state index contributed by atoms with van der Waals surface area (Å²) >= 11 is 1.22. The molecule has 0 aliphatic rings. The van der Waals surface area contributed by atoms with Crippen LogP contribution in [0.4, 0.5) is 10.8 Å². The van der Waals surface area contributed by atoms with Crippen LogP contribution in [-0.4, -0.2) is 56.6 Å². The van der Waals surface area contributed by atoms with Crippen LogP contribution in [0.3, 0.4) is 0 Å². The van der Waals surface area contributed by atoms with Crippen molar-refractivity contribution in [1.29, 1.82) is 0 Å². The third-order valence-corrected chi connectivity index (χ3v) is 3.51. The first kappa shape index (κ1) is 14.7. The van der Waals surface area contributed by atoms with E-state index in [1.54, 1.807) is 0 Å². The SMILES string of the molecule is COC(=O)c1c(N)nsc1N(C)CCCN(C)C. The number of nitrogens with zero attached hydrogens (tertiary/aromatic N) is 3. The molecule has 0 fully saturated rings. The average Bonchev–Trinajstić information content (AvgIpc) is 2.69. The van der Waals surface area contributed by atoms with Crippen LogP contribution in [0, 0.1) is 0 Å². The van der Waals surface area contributed by atoms with Gasteiger partial charge in [-0.1, -0.05) is 0 Å². The summed E-state index contributed by atoms with van der Waals surface area (Å²) in [6.07, 6.45) is 1.00. The van der Waals surface area contributed by atoms with E-state index in [4.69, 9.17) is 10.5 Å². The van der Waals surface area contributed by atoms with Gasteiger partial charge in [-0.25, -0.2) is 4.79 Å². The molecule has 0 amide bonds. The van der Waals surface area contributed by atoms with E-state index in [9.17, 15) is 4.79 Å². The van der Waals surface area contributed by atoms with E-state index in [0.29, 0.717) is 5.56 Å². The minimum atomic E-state index is -0.435. The van der Waals surface area contributed by atoms with Crippen LogP contribution >= 0.6 is 11.5 Å². The van der Waals surface area contributed by atoms with Gasteiger partial charge in [-0.05, 0) is 38.6 Å². The Morgan fingerprint density at radius 1 is 1.39 bits per heavy atom. The van der Waals surface area contributed by atoms with Gasteiger partial charge in [-0.2, -0.15) is 4.37 Å². The Morgan fingerprint density at radius 3 is 2.61 bits per heavy atom. The topological polar surface area (TPSA) is 71.7 Å². The Morgan fingerprint density at radius 2 is 2.06 bits per heavy atom. The lowest BCUT2D eigenvalue weighted by atomic mass is 10.3. The highest BCUT2D eigenvalue weighted by Crippen LogP contribution is 2.30. The third kappa shape index (κ3) is 3.58. The van der Waals surface area contributed by atoms with E-state index in [1.807, 2.05) is 26.0 Å². The van der Waals surface area contributed by atoms with Gasteiger partial charge in [0.05, 0.1) is 7.11 Å². The van der Waals surface area contributed by atoms with Crippen molar-refractivity contribution in [3.63, 3.8) is 0 Å². The zero-order valence-corrected chi connectivity index (χ0v) is 12.1. The molecule has 6 nitrogen and oxygen atoms in total. The van der Waals surface area contributed by atoms with Crippen molar-refractivity contribution in [2.45, 2.75) is 6.42 Å². The Bertz CT molecular complexity index is 406. The third-order valence-electron chi connectivity index (χ3n) is 2.54. The van der Waals surface area contributed by atoms with Crippen LogP contribution in [0.25, 0.3) is 0 Å². The molecule has 0 atom stereocenters. The van der Waals surface area contributed by atoms with Crippen LogP contribution in [-0.2, 0) is 4.74 Å². The van der Waals surface area contributed by atoms with E-state index in [1.165, 1.54) is 18.6 Å². The molecule has 0 unspecified atom stereocenters. The summed E-state index contributed by atoms with van der Waals surface area (Å²) in [5.41, 5.74) is 6.07. The monoisotopic (exact) mass is 272 g/mol. The highest BCUT2D eigenvalue weighted by atomic mass is 32.1. The molecule has 0 aromatic carbocycles. The zero-order valence-electron chi connectivity index (χ0n) is 11.3. The summed E-state index contributed by atoms with van der Waals surface area (Å²) < 4.78 is 8.74. The number of esters is 1. The van der Waals surface area contributed by atoms with Crippen LogP contribution < -0.4 is 10.6 Å². The summed E-state index contributed by atoms with van der Waals surface area (Å²) in [5, 5.41) is 0.762. The number of methoxy groups -OCH3 is 1. The van der Waals surface area contributed by atoms with Crippen molar-refractivity contribution in [2.24, 2.45) is 0 Å². The number of carbonyl (C=O) groups is 1. The van der Waals surface area contributed by atoms with E-state index < -0.39 is 5.97 Å². The molecular weight excluding hydrogens is 252 g/mol. The second-order valence-corrected chi connectivity index (χ2v) is 5.07. The standard InChI is InChI=1S/C11H20N4O2S/c1-14(2)6-5-7-15(3)10-8(11(16)17-4)9(12)13-18-10/h5-7H2,1-4H3,(H2,12,13). The van der Waals surface area contributed by atoms with Crippen LogP contribution in [0.2, 0.25) is 0 Å². The summed E-state index contributed by atoms with van der Waals surface area (Å²) in [6.45, 7) is 1.83. The molecule has 0 aliphatic carbocycles. The fourth-order valence-corrected chi connectivity index (χ4v) is 2.36. The molecule has 0 spiro atoms. The molecule has 0 aliphatic heterocycles. The van der Waals surface area contributed by atoms with Gasteiger partial charge in [0.25, 0.3) is 0 Å². The normalized spacial score (nSPS) is 10.7. The zero-order chi connectivity index (χ0) is 13.7. The summed E-state index contributed by atoms with van der Waals surface area (Å²) in [4.78, 5) is 15.7. The molecule has 0 saturated heterocycles. The van der Waals surface area contributed by atoms with E-state index in [-0.39, 0.29) is 5.82 Å². The lowest BCUT2D eigenvalue weighted by Crippen LogP contribution is -2.24. The van der Waals surface area contributed by atoms with E-state index in [2.05, 4.69) is 9.27 Å². The number of anilines is 2. The largest absolute Gasteiger partial charge is 0.465 e. The average molecular weight is 272 g/mol.